The first-order valence-electron chi connectivity index (χ1n) is 11.0. The van der Waals surface area contributed by atoms with Crippen LogP contribution in [-0.2, 0) is 14.4 Å². The molecule has 1 aromatic carbocycles. The second kappa shape index (κ2) is 12.6. The molecule has 2 rings (SSSR count). The van der Waals surface area contributed by atoms with Gasteiger partial charge in [-0.1, -0.05) is 33.6 Å². The highest BCUT2D eigenvalue weighted by Crippen LogP contribution is 2.16. The Bertz CT molecular complexity index is 852. The molecule has 0 aliphatic carbocycles. The lowest BCUT2D eigenvalue weighted by Gasteiger charge is -2.24. The van der Waals surface area contributed by atoms with Crippen LogP contribution in [0.4, 0.5) is 5.69 Å². The predicted molar refractivity (Wildman–Crippen MR) is 121 cm³/mol. The molecule has 9 nitrogen and oxygen atoms in total. The van der Waals surface area contributed by atoms with Crippen molar-refractivity contribution < 1.29 is 19.6 Å². The second-order valence-corrected chi connectivity index (χ2v) is 8.24. The smallest absolute Gasteiger partial charge is 0.246 e. The lowest BCUT2D eigenvalue weighted by atomic mass is 9.98. The fourth-order valence-electron chi connectivity index (χ4n) is 3.37. The summed E-state index contributed by atoms with van der Waals surface area (Å²) in [6.07, 6.45) is 6.41. The largest absolute Gasteiger partial charge is 0.344 e. The first-order chi connectivity index (χ1) is 15.3. The molecule has 0 fully saturated rings. The molecule has 1 aromatic heterocycles. The lowest BCUT2D eigenvalue weighted by molar-refractivity contribution is -0.155. The van der Waals surface area contributed by atoms with Crippen LogP contribution >= 0.6 is 0 Å². The van der Waals surface area contributed by atoms with Crippen molar-refractivity contribution in [3.8, 4) is 5.69 Å². The van der Waals surface area contributed by atoms with Gasteiger partial charge >= 0.3 is 0 Å². The van der Waals surface area contributed by atoms with Crippen LogP contribution in [0.3, 0.4) is 0 Å². The molecule has 9 heteroatoms. The molecular formula is C23H33N5O4. The number of hydroxylamine groups is 2. The number of carbonyl (C=O) groups is 3. The molecular weight excluding hydrogens is 410 g/mol. The summed E-state index contributed by atoms with van der Waals surface area (Å²) in [5, 5.41) is 19.9. The fraction of sp³-hybridized carbons (Fsp3) is 0.478. The number of hydrogen-bond donors (Lipinski definition) is 3. The Morgan fingerprint density at radius 2 is 1.94 bits per heavy atom. The highest BCUT2D eigenvalue weighted by molar-refractivity contribution is 5.97. The maximum absolute atomic E-state index is 13.0. The van der Waals surface area contributed by atoms with Crippen LogP contribution in [0.15, 0.2) is 42.7 Å². The van der Waals surface area contributed by atoms with Crippen LogP contribution in [0.2, 0.25) is 0 Å². The Hall–Kier alpha value is -3.20. The van der Waals surface area contributed by atoms with Gasteiger partial charge in [-0.2, -0.15) is 5.10 Å². The van der Waals surface area contributed by atoms with E-state index in [9.17, 15) is 19.6 Å². The van der Waals surface area contributed by atoms with Crippen molar-refractivity contribution in [2.75, 3.05) is 11.9 Å². The van der Waals surface area contributed by atoms with Crippen LogP contribution < -0.4 is 10.6 Å². The minimum Gasteiger partial charge on any atom is -0.344 e. The Kier molecular flexibility index (Phi) is 9.87. The van der Waals surface area contributed by atoms with Crippen LogP contribution in [0, 0.1) is 11.8 Å². The maximum Gasteiger partial charge on any atom is 0.246 e. The third-order valence-electron chi connectivity index (χ3n) is 5.05. The molecule has 2 aromatic rings. The van der Waals surface area contributed by atoms with Gasteiger partial charge < -0.3 is 10.6 Å². The number of unbranched alkanes of at least 4 members (excludes halogenated alkanes) is 1. The van der Waals surface area contributed by atoms with Crippen LogP contribution in [0.25, 0.3) is 5.69 Å². The third-order valence-corrected chi connectivity index (χ3v) is 5.05. The summed E-state index contributed by atoms with van der Waals surface area (Å²) in [7, 11) is 0. The third kappa shape index (κ3) is 7.81. The van der Waals surface area contributed by atoms with E-state index in [1.165, 1.54) is 0 Å². The Balaban J connectivity index is 2.07. The number of aromatic nitrogens is 2. The van der Waals surface area contributed by atoms with Gasteiger partial charge in [0.15, 0.2) is 0 Å². The zero-order valence-corrected chi connectivity index (χ0v) is 18.9. The molecule has 0 saturated heterocycles. The van der Waals surface area contributed by atoms with Crippen LogP contribution in [0.1, 0.15) is 46.5 Å². The van der Waals surface area contributed by atoms with Gasteiger partial charge in [0.05, 0.1) is 18.2 Å². The summed E-state index contributed by atoms with van der Waals surface area (Å²) in [6, 6.07) is 8.33. The Morgan fingerprint density at radius 3 is 2.50 bits per heavy atom. The number of hydrogen-bond acceptors (Lipinski definition) is 5. The van der Waals surface area contributed by atoms with Crippen LogP contribution in [0.5, 0.6) is 0 Å². The zero-order valence-electron chi connectivity index (χ0n) is 18.9. The van der Waals surface area contributed by atoms with Crippen LogP contribution in [-0.4, -0.2) is 50.9 Å². The van der Waals surface area contributed by atoms with E-state index in [1.807, 2.05) is 45.2 Å². The quantitative estimate of drug-likeness (QED) is 0.250. The number of benzene rings is 1. The van der Waals surface area contributed by atoms with E-state index in [0.29, 0.717) is 23.6 Å². The zero-order chi connectivity index (χ0) is 23.5. The van der Waals surface area contributed by atoms with E-state index in [0.717, 1.165) is 18.5 Å². The summed E-state index contributed by atoms with van der Waals surface area (Å²) < 4.78 is 1.72. The van der Waals surface area contributed by atoms with Crippen molar-refractivity contribution in [2.24, 2.45) is 11.8 Å². The summed E-state index contributed by atoms with van der Waals surface area (Å²) >= 11 is 0. The van der Waals surface area contributed by atoms with Gasteiger partial charge in [-0.25, -0.2) is 9.75 Å². The van der Waals surface area contributed by atoms with E-state index >= 15 is 0 Å². The summed E-state index contributed by atoms with van der Waals surface area (Å²) in [5.74, 6) is -1.09. The fourth-order valence-corrected chi connectivity index (χ4v) is 3.37. The standard InChI is InChI=1S/C23H33N5O4/c1-4-5-7-18(15-27(32)16-29)22(30)26-21(14-17(2)3)23(31)25-19-8-10-20(11-9-19)28-13-6-12-24-28/h6,8-13,16-18,21,32H,4-5,7,14-15H2,1-3H3,(H,25,31)(H,26,30)/t18-,21+/m1/s1. The number of anilines is 1. The molecule has 3 N–H and O–H groups in total. The first kappa shape index (κ1) is 25.1. The van der Waals surface area contributed by atoms with E-state index in [-0.39, 0.29) is 30.7 Å². The molecule has 0 aliphatic heterocycles. The number of nitrogens with one attached hydrogen (secondary N) is 2. The monoisotopic (exact) mass is 443 g/mol. The van der Waals surface area contributed by atoms with Crippen molar-refractivity contribution >= 4 is 23.9 Å². The van der Waals surface area contributed by atoms with Gasteiger partial charge in [0.2, 0.25) is 18.2 Å². The van der Waals surface area contributed by atoms with Gasteiger partial charge in [0, 0.05) is 18.1 Å². The van der Waals surface area contributed by atoms with E-state index in [1.54, 1.807) is 23.0 Å². The van der Waals surface area contributed by atoms with Gasteiger partial charge in [-0.05, 0) is 49.1 Å². The van der Waals surface area contributed by atoms with E-state index < -0.39 is 12.0 Å². The van der Waals surface area contributed by atoms with Gasteiger partial charge in [0.1, 0.15) is 6.04 Å². The molecule has 0 saturated carbocycles. The summed E-state index contributed by atoms with van der Waals surface area (Å²) in [6.45, 7) is 5.84. The molecule has 32 heavy (non-hydrogen) atoms. The Morgan fingerprint density at radius 1 is 1.22 bits per heavy atom. The number of carbonyl (C=O) groups excluding carboxylic acids is 3. The van der Waals surface area contributed by atoms with Gasteiger partial charge in [-0.3, -0.25) is 19.6 Å². The Labute approximate surface area is 188 Å². The molecule has 0 unspecified atom stereocenters. The molecule has 0 bridgehead atoms. The van der Waals surface area contributed by atoms with Crippen molar-refractivity contribution in [1.82, 2.24) is 20.2 Å². The molecule has 174 valence electrons. The number of amides is 3. The van der Waals surface area contributed by atoms with E-state index in [4.69, 9.17) is 0 Å². The molecule has 1 heterocycles. The van der Waals surface area contributed by atoms with Crippen molar-refractivity contribution in [3.63, 3.8) is 0 Å². The summed E-state index contributed by atoms with van der Waals surface area (Å²) in [4.78, 5) is 36.6. The molecule has 2 atom stereocenters. The number of rotatable bonds is 13. The maximum atomic E-state index is 13.0. The normalized spacial score (nSPS) is 12.8. The highest BCUT2D eigenvalue weighted by Gasteiger charge is 2.27. The SMILES string of the molecule is CCCC[C@H](CN(O)C=O)C(=O)N[C@@H](CC(C)C)C(=O)Nc1ccc(-n2cccn2)cc1. The van der Waals surface area contributed by atoms with Crippen molar-refractivity contribution in [2.45, 2.75) is 52.5 Å². The van der Waals surface area contributed by atoms with E-state index in [2.05, 4.69) is 15.7 Å². The van der Waals surface area contributed by atoms with Gasteiger partial charge in [-0.15, -0.1) is 0 Å². The highest BCUT2D eigenvalue weighted by atomic mass is 16.5. The molecule has 3 amide bonds. The first-order valence-corrected chi connectivity index (χ1v) is 11.0. The average molecular weight is 444 g/mol. The molecule has 0 spiro atoms. The summed E-state index contributed by atoms with van der Waals surface area (Å²) in [5.41, 5.74) is 1.47. The number of nitrogens with zero attached hydrogens (tertiary/aromatic N) is 3. The molecule has 0 radical (unpaired) electrons. The lowest BCUT2D eigenvalue weighted by Crippen LogP contribution is -2.48. The minimum atomic E-state index is -0.735. The van der Waals surface area contributed by atoms with Crippen molar-refractivity contribution in [1.29, 1.82) is 0 Å². The second-order valence-electron chi connectivity index (χ2n) is 8.24. The topological polar surface area (TPSA) is 117 Å². The predicted octanol–water partition coefficient (Wildman–Crippen LogP) is 3.00. The van der Waals surface area contributed by atoms with Crippen molar-refractivity contribution in [3.05, 3.63) is 42.7 Å². The van der Waals surface area contributed by atoms with Gasteiger partial charge in [0.25, 0.3) is 0 Å². The molecule has 0 aliphatic rings. The minimum absolute atomic E-state index is 0.111. The average Bonchev–Trinajstić information content (AvgIpc) is 3.31.